The van der Waals surface area contributed by atoms with E-state index in [-0.39, 0.29) is 11.5 Å². The van der Waals surface area contributed by atoms with Gasteiger partial charge >= 0.3 is 5.97 Å². The fourth-order valence-electron chi connectivity index (χ4n) is 1.49. The van der Waals surface area contributed by atoms with Gasteiger partial charge in [0.25, 0.3) is 0 Å². The lowest BCUT2D eigenvalue weighted by Gasteiger charge is -2.20. The van der Waals surface area contributed by atoms with Crippen LogP contribution in [-0.4, -0.2) is 18.6 Å². The van der Waals surface area contributed by atoms with Crippen molar-refractivity contribution in [2.75, 3.05) is 7.11 Å². The third-order valence-electron chi connectivity index (χ3n) is 2.63. The maximum Gasteiger partial charge on any atom is 0.309 e. The largest absolute Gasteiger partial charge is 0.469 e. The lowest BCUT2D eigenvalue weighted by Crippen LogP contribution is -2.35. The number of ether oxygens (including phenoxy) is 1. The molecule has 0 radical (unpaired) electrons. The topological polar surface area (TPSA) is 38.3 Å². The summed E-state index contributed by atoms with van der Waals surface area (Å²) in [5.74, 6) is -0.220. The fourth-order valence-corrected chi connectivity index (χ4v) is 1.49. The Labute approximate surface area is 115 Å². The standard InChI is InChI=1S/C16H23NO2/c1-16(2,3)17-12-14-10-8-13(9-11-14)6-5-7-15(18)19-4/h5-6,8-11,17H,7,12H2,1-4H3. The lowest BCUT2D eigenvalue weighted by molar-refractivity contribution is -0.139. The number of hydrogen-bond acceptors (Lipinski definition) is 3. The number of carbonyl (C=O) groups excluding carboxylic acids is 1. The number of hydrogen-bond donors (Lipinski definition) is 1. The molecule has 104 valence electrons. The molecule has 1 aromatic carbocycles. The molecule has 1 N–H and O–H groups in total. The zero-order valence-electron chi connectivity index (χ0n) is 12.2. The molecule has 0 aliphatic rings. The van der Waals surface area contributed by atoms with Crippen molar-refractivity contribution in [2.24, 2.45) is 0 Å². The van der Waals surface area contributed by atoms with E-state index in [4.69, 9.17) is 0 Å². The Hall–Kier alpha value is -1.61. The second kappa shape index (κ2) is 7.10. The quantitative estimate of drug-likeness (QED) is 0.827. The minimum Gasteiger partial charge on any atom is -0.469 e. The Morgan fingerprint density at radius 2 is 1.89 bits per heavy atom. The first-order chi connectivity index (χ1) is 8.90. The molecule has 0 aliphatic heterocycles. The number of nitrogens with one attached hydrogen (secondary N) is 1. The van der Waals surface area contributed by atoms with Crippen molar-refractivity contribution in [2.45, 2.75) is 39.3 Å². The van der Waals surface area contributed by atoms with Crippen molar-refractivity contribution in [1.29, 1.82) is 0 Å². The van der Waals surface area contributed by atoms with Gasteiger partial charge in [-0.05, 0) is 31.9 Å². The monoisotopic (exact) mass is 261 g/mol. The van der Waals surface area contributed by atoms with Crippen molar-refractivity contribution >= 4 is 12.0 Å². The van der Waals surface area contributed by atoms with Crippen LogP contribution in [0.4, 0.5) is 0 Å². The molecular weight excluding hydrogens is 238 g/mol. The highest BCUT2D eigenvalue weighted by Crippen LogP contribution is 2.08. The van der Waals surface area contributed by atoms with Crippen LogP contribution in [0.15, 0.2) is 30.3 Å². The van der Waals surface area contributed by atoms with Crippen LogP contribution in [0.2, 0.25) is 0 Å². The minimum absolute atomic E-state index is 0.124. The summed E-state index contributed by atoms with van der Waals surface area (Å²) in [5, 5.41) is 3.44. The van der Waals surface area contributed by atoms with Gasteiger partial charge in [-0.2, -0.15) is 0 Å². The number of methoxy groups -OCH3 is 1. The molecule has 0 amide bonds. The van der Waals surface area contributed by atoms with Crippen LogP contribution in [0, 0.1) is 0 Å². The molecule has 0 fully saturated rings. The van der Waals surface area contributed by atoms with E-state index in [0.717, 1.165) is 12.1 Å². The minimum atomic E-state index is -0.220. The summed E-state index contributed by atoms with van der Waals surface area (Å²) in [6.07, 6.45) is 4.05. The fraction of sp³-hybridized carbons (Fsp3) is 0.438. The van der Waals surface area contributed by atoms with E-state index in [1.165, 1.54) is 12.7 Å². The third kappa shape index (κ3) is 6.77. The van der Waals surface area contributed by atoms with E-state index < -0.39 is 0 Å². The van der Waals surface area contributed by atoms with Gasteiger partial charge in [0.15, 0.2) is 0 Å². The van der Waals surface area contributed by atoms with Crippen LogP contribution < -0.4 is 5.32 Å². The molecule has 3 nitrogen and oxygen atoms in total. The van der Waals surface area contributed by atoms with E-state index >= 15 is 0 Å². The number of rotatable bonds is 5. The van der Waals surface area contributed by atoms with E-state index in [2.05, 4.69) is 43.0 Å². The molecule has 0 aromatic heterocycles. The molecule has 0 saturated carbocycles. The normalized spacial score (nSPS) is 11.8. The van der Waals surface area contributed by atoms with Crippen LogP contribution in [0.5, 0.6) is 0 Å². The summed E-state index contributed by atoms with van der Waals surface area (Å²) in [5.41, 5.74) is 2.46. The van der Waals surface area contributed by atoms with Gasteiger partial charge in [0.05, 0.1) is 13.5 Å². The molecule has 0 spiro atoms. The molecule has 0 aliphatic carbocycles. The molecule has 0 unspecified atom stereocenters. The summed E-state index contributed by atoms with van der Waals surface area (Å²) in [7, 11) is 1.40. The van der Waals surface area contributed by atoms with E-state index in [0.29, 0.717) is 6.42 Å². The highest BCUT2D eigenvalue weighted by Gasteiger charge is 2.07. The predicted molar refractivity (Wildman–Crippen MR) is 78.7 cm³/mol. The molecule has 0 bridgehead atoms. The molecule has 0 saturated heterocycles. The Bertz CT molecular complexity index is 427. The van der Waals surface area contributed by atoms with Gasteiger partial charge in [-0.25, -0.2) is 0 Å². The number of esters is 1. The first-order valence-corrected chi connectivity index (χ1v) is 6.48. The van der Waals surface area contributed by atoms with Crippen LogP contribution in [0.25, 0.3) is 6.08 Å². The van der Waals surface area contributed by atoms with Crippen LogP contribution in [0.3, 0.4) is 0 Å². The number of benzene rings is 1. The van der Waals surface area contributed by atoms with E-state index in [1.54, 1.807) is 0 Å². The first-order valence-electron chi connectivity index (χ1n) is 6.48. The molecule has 0 atom stereocenters. The van der Waals surface area contributed by atoms with Gasteiger partial charge in [-0.3, -0.25) is 4.79 Å². The number of carbonyl (C=O) groups is 1. The van der Waals surface area contributed by atoms with Gasteiger partial charge in [0.2, 0.25) is 0 Å². The maximum atomic E-state index is 11.0. The van der Waals surface area contributed by atoms with Crippen molar-refractivity contribution < 1.29 is 9.53 Å². The van der Waals surface area contributed by atoms with E-state index in [1.807, 2.05) is 24.3 Å². The lowest BCUT2D eigenvalue weighted by atomic mass is 10.1. The van der Waals surface area contributed by atoms with Crippen LogP contribution in [-0.2, 0) is 16.1 Å². The zero-order chi connectivity index (χ0) is 14.3. The summed E-state index contributed by atoms with van der Waals surface area (Å²) in [6.45, 7) is 7.31. The Morgan fingerprint density at radius 3 is 2.42 bits per heavy atom. The summed E-state index contributed by atoms with van der Waals surface area (Å²) < 4.78 is 4.57. The zero-order valence-corrected chi connectivity index (χ0v) is 12.2. The van der Waals surface area contributed by atoms with Crippen molar-refractivity contribution in [3.63, 3.8) is 0 Å². The smallest absolute Gasteiger partial charge is 0.309 e. The second-order valence-electron chi connectivity index (χ2n) is 5.53. The third-order valence-corrected chi connectivity index (χ3v) is 2.63. The van der Waals surface area contributed by atoms with Gasteiger partial charge in [-0.15, -0.1) is 0 Å². The van der Waals surface area contributed by atoms with E-state index in [9.17, 15) is 4.79 Å². The molecular formula is C16H23NO2. The predicted octanol–water partition coefficient (Wildman–Crippen LogP) is 3.15. The molecule has 0 heterocycles. The van der Waals surface area contributed by atoms with Crippen LogP contribution >= 0.6 is 0 Å². The van der Waals surface area contributed by atoms with Crippen LogP contribution in [0.1, 0.15) is 38.3 Å². The summed E-state index contributed by atoms with van der Waals surface area (Å²) in [6, 6.07) is 8.29. The summed E-state index contributed by atoms with van der Waals surface area (Å²) in [4.78, 5) is 11.0. The van der Waals surface area contributed by atoms with Gasteiger partial charge in [0.1, 0.15) is 0 Å². The molecule has 1 rings (SSSR count). The average molecular weight is 261 g/mol. The van der Waals surface area contributed by atoms with Crippen molar-refractivity contribution in [3.8, 4) is 0 Å². The Kier molecular flexibility index (Phi) is 5.77. The average Bonchev–Trinajstić information content (AvgIpc) is 2.36. The van der Waals surface area contributed by atoms with Gasteiger partial charge < -0.3 is 10.1 Å². The highest BCUT2D eigenvalue weighted by atomic mass is 16.5. The molecule has 1 aromatic rings. The first kappa shape index (κ1) is 15.4. The maximum absolute atomic E-state index is 11.0. The SMILES string of the molecule is COC(=O)CC=Cc1ccc(CNC(C)(C)C)cc1. The molecule has 3 heteroatoms. The molecule has 19 heavy (non-hydrogen) atoms. The van der Waals surface area contributed by atoms with Crippen molar-refractivity contribution in [1.82, 2.24) is 5.32 Å². The highest BCUT2D eigenvalue weighted by molar-refractivity contribution is 5.72. The van der Waals surface area contributed by atoms with Crippen molar-refractivity contribution in [3.05, 3.63) is 41.5 Å². The summed E-state index contributed by atoms with van der Waals surface area (Å²) >= 11 is 0. The Balaban J connectivity index is 2.50. The van der Waals surface area contributed by atoms with Gasteiger partial charge in [-0.1, -0.05) is 36.4 Å². The second-order valence-corrected chi connectivity index (χ2v) is 5.53. The Morgan fingerprint density at radius 1 is 1.26 bits per heavy atom. The van der Waals surface area contributed by atoms with Gasteiger partial charge in [0, 0.05) is 12.1 Å².